The lowest BCUT2D eigenvalue weighted by Gasteiger charge is -2.12. The Kier molecular flexibility index (Phi) is 3.32. The van der Waals surface area contributed by atoms with Crippen LogP contribution in [0.15, 0.2) is 10.9 Å². The number of nitrogens with one attached hydrogen (secondary N) is 1. The molecule has 0 amide bonds. The molecule has 16 heavy (non-hydrogen) atoms. The zero-order valence-electron chi connectivity index (χ0n) is 7.74. The summed E-state index contributed by atoms with van der Waals surface area (Å²) in [6.07, 6.45) is -8.06. The Labute approximate surface area is 86.1 Å². The SMILES string of the molecule is NCc1c(C(F)(F)F)cc(C(F)F)[nH]c1=O. The van der Waals surface area contributed by atoms with Crippen molar-refractivity contribution in [2.75, 3.05) is 0 Å². The summed E-state index contributed by atoms with van der Waals surface area (Å²) in [5, 5.41) is 0. The number of rotatable bonds is 2. The maximum absolute atomic E-state index is 12.4. The molecule has 0 saturated carbocycles. The third kappa shape index (κ3) is 2.38. The van der Waals surface area contributed by atoms with Crippen LogP contribution in [0.5, 0.6) is 0 Å². The van der Waals surface area contributed by atoms with E-state index in [9.17, 15) is 26.7 Å². The first-order chi connectivity index (χ1) is 7.27. The summed E-state index contributed by atoms with van der Waals surface area (Å²) in [4.78, 5) is 12.7. The third-order valence-electron chi connectivity index (χ3n) is 1.90. The second kappa shape index (κ2) is 4.20. The predicted octanol–water partition coefficient (Wildman–Crippen LogP) is 1.79. The molecule has 1 aromatic heterocycles. The van der Waals surface area contributed by atoms with Crippen LogP contribution in [0.4, 0.5) is 22.0 Å². The molecule has 0 aromatic carbocycles. The Bertz CT molecular complexity index is 437. The molecule has 1 heterocycles. The largest absolute Gasteiger partial charge is 0.416 e. The van der Waals surface area contributed by atoms with Crippen LogP contribution in [0.25, 0.3) is 0 Å². The van der Waals surface area contributed by atoms with Gasteiger partial charge in [0.05, 0.1) is 11.3 Å². The van der Waals surface area contributed by atoms with Gasteiger partial charge in [-0.1, -0.05) is 0 Å². The second-order valence-corrected chi connectivity index (χ2v) is 2.95. The molecule has 0 aliphatic rings. The minimum Gasteiger partial charge on any atom is -0.326 e. The molecule has 0 spiro atoms. The number of aromatic amines is 1. The summed E-state index contributed by atoms with van der Waals surface area (Å²) in [7, 11) is 0. The summed E-state index contributed by atoms with van der Waals surface area (Å²) in [6.45, 7) is -0.673. The lowest BCUT2D eigenvalue weighted by molar-refractivity contribution is -0.138. The molecule has 0 fully saturated rings. The van der Waals surface area contributed by atoms with Gasteiger partial charge in [-0.05, 0) is 6.07 Å². The van der Waals surface area contributed by atoms with Gasteiger partial charge in [-0.2, -0.15) is 13.2 Å². The minimum atomic E-state index is -4.88. The van der Waals surface area contributed by atoms with E-state index in [-0.39, 0.29) is 6.07 Å². The molecule has 1 aromatic rings. The molecule has 0 aliphatic carbocycles. The van der Waals surface area contributed by atoms with Gasteiger partial charge in [-0.15, -0.1) is 0 Å². The number of halogens is 5. The summed E-state index contributed by atoms with van der Waals surface area (Å²) in [5.41, 5.74) is 0.474. The second-order valence-electron chi connectivity index (χ2n) is 2.95. The molecule has 3 N–H and O–H groups in total. The highest BCUT2D eigenvalue weighted by molar-refractivity contribution is 5.29. The van der Waals surface area contributed by atoms with Gasteiger partial charge in [0.25, 0.3) is 12.0 Å². The van der Waals surface area contributed by atoms with Crippen molar-refractivity contribution < 1.29 is 22.0 Å². The molecule has 90 valence electrons. The van der Waals surface area contributed by atoms with Crippen LogP contribution in [0.3, 0.4) is 0 Å². The van der Waals surface area contributed by atoms with Gasteiger partial charge in [0.15, 0.2) is 0 Å². The Balaban J connectivity index is 3.50. The summed E-state index contributed by atoms with van der Waals surface area (Å²) >= 11 is 0. The number of hydrogen-bond donors (Lipinski definition) is 2. The highest BCUT2D eigenvalue weighted by Crippen LogP contribution is 2.32. The predicted molar refractivity (Wildman–Crippen MR) is 44.9 cm³/mol. The standard InChI is InChI=1S/C8H7F5N2O/c9-6(10)5-1-4(8(11,12)13)3(2-14)7(16)15-5/h1,6H,2,14H2,(H,15,16). The third-order valence-corrected chi connectivity index (χ3v) is 1.90. The van der Waals surface area contributed by atoms with Crippen LogP contribution in [-0.2, 0) is 12.7 Å². The first-order valence-corrected chi connectivity index (χ1v) is 4.09. The van der Waals surface area contributed by atoms with E-state index in [2.05, 4.69) is 0 Å². The highest BCUT2D eigenvalue weighted by atomic mass is 19.4. The van der Waals surface area contributed by atoms with E-state index in [0.717, 1.165) is 0 Å². The minimum absolute atomic E-state index is 0.203. The Hall–Kier alpha value is -1.44. The van der Waals surface area contributed by atoms with Crippen LogP contribution in [0.2, 0.25) is 0 Å². The van der Waals surface area contributed by atoms with E-state index < -0.39 is 41.5 Å². The van der Waals surface area contributed by atoms with Crippen LogP contribution < -0.4 is 11.3 Å². The Morgan fingerprint density at radius 2 is 1.94 bits per heavy atom. The van der Waals surface area contributed by atoms with Gasteiger partial charge in [-0.3, -0.25) is 4.79 Å². The van der Waals surface area contributed by atoms with E-state index in [0.29, 0.717) is 0 Å². The monoisotopic (exact) mass is 242 g/mol. The van der Waals surface area contributed by atoms with Crippen molar-refractivity contribution >= 4 is 0 Å². The van der Waals surface area contributed by atoms with Crippen molar-refractivity contribution in [2.24, 2.45) is 5.73 Å². The highest BCUT2D eigenvalue weighted by Gasteiger charge is 2.35. The van der Waals surface area contributed by atoms with Gasteiger partial charge >= 0.3 is 6.18 Å². The van der Waals surface area contributed by atoms with Crippen molar-refractivity contribution in [2.45, 2.75) is 19.1 Å². The number of aromatic nitrogens is 1. The lowest BCUT2D eigenvalue weighted by Crippen LogP contribution is -2.24. The number of nitrogens with two attached hydrogens (primary N) is 1. The Morgan fingerprint density at radius 1 is 1.38 bits per heavy atom. The molecule has 1 rings (SSSR count). The van der Waals surface area contributed by atoms with Crippen molar-refractivity contribution in [3.05, 3.63) is 33.2 Å². The summed E-state index contributed by atoms with van der Waals surface area (Å²) in [5.74, 6) is 0. The normalized spacial score (nSPS) is 12.2. The van der Waals surface area contributed by atoms with Crippen molar-refractivity contribution in [3.8, 4) is 0 Å². The fourth-order valence-corrected chi connectivity index (χ4v) is 1.18. The van der Waals surface area contributed by atoms with Gasteiger partial charge in [0, 0.05) is 12.1 Å². The van der Waals surface area contributed by atoms with Crippen LogP contribution >= 0.6 is 0 Å². The van der Waals surface area contributed by atoms with E-state index in [1.165, 1.54) is 0 Å². The molecule has 8 heteroatoms. The Morgan fingerprint density at radius 3 is 2.31 bits per heavy atom. The molecule has 3 nitrogen and oxygen atoms in total. The van der Waals surface area contributed by atoms with Crippen molar-refractivity contribution in [1.82, 2.24) is 4.98 Å². The van der Waals surface area contributed by atoms with Crippen LogP contribution in [0.1, 0.15) is 23.2 Å². The molecule has 0 radical (unpaired) electrons. The van der Waals surface area contributed by atoms with Crippen LogP contribution in [0, 0.1) is 0 Å². The average molecular weight is 242 g/mol. The number of hydrogen-bond acceptors (Lipinski definition) is 2. The van der Waals surface area contributed by atoms with Crippen LogP contribution in [-0.4, -0.2) is 4.98 Å². The average Bonchev–Trinajstić information content (AvgIpc) is 2.14. The molecular weight excluding hydrogens is 235 g/mol. The summed E-state index contributed by atoms with van der Waals surface area (Å²) in [6, 6.07) is 0.203. The number of H-pyrrole nitrogens is 1. The molecule has 0 aliphatic heterocycles. The van der Waals surface area contributed by atoms with E-state index in [4.69, 9.17) is 5.73 Å². The first-order valence-electron chi connectivity index (χ1n) is 4.09. The summed E-state index contributed by atoms with van der Waals surface area (Å²) < 4.78 is 61.6. The van der Waals surface area contributed by atoms with Crippen molar-refractivity contribution in [1.29, 1.82) is 0 Å². The topological polar surface area (TPSA) is 58.9 Å². The van der Waals surface area contributed by atoms with E-state index in [1.54, 1.807) is 4.98 Å². The smallest absolute Gasteiger partial charge is 0.326 e. The fourth-order valence-electron chi connectivity index (χ4n) is 1.18. The van der Waals surface area contributed by atoms with Gasteiger partial charge in [-0.25, -0.2) is 8.78 Å². The molecule has 0 unspecified atom stereocenters. The maximum atomic E-state index is 12.4. The van der Waals surface area contributed by atoms with E-state index in [1.807, 2.05) is 0 Å². The lowest BCUT2D eigenvalue weighted by atomic mass is 10.1. The van der Waals surface area contributed by atoms with Gasteiger partial charge < -0.3 is 10.7 Å². The van der Waals surface area contributed by atoms with Crippen molar-refractivity contribution in [3.63, 3.8) is 0 Å². The molecule has 0 atom stereocenters. The van der Waals surface area contributed by atoms with Gasteiger partial charge in [0.2, 0.25) is 0 Å². The number of alkyl halides is 5. The molecule has 0 saturated heterocycles. The zero-order valence-corrected chi connectivity index (χ0v) is 7.74. The maximum Gasteiger partial charge on any atom is 0.416 e. The molecular formula is C8H7F5N2O. The zero-order chi connectivity index (χ0) is 12.5. The van der Waals surface area contributed by atoms with Gasteiger partial charge in [0.1, 0.15) is 0 Å². The first kappa shape index (κ1) is 12.6. The number of pyridine rings is 1. The van der Waals surface area contributed by atoms with E-state index >= 15 is 0 Å². The quantitative estimate of drug-likeness (QED) is 0.777. The fraction of sp³-hybridized carbons (Fsp3) is 0.375. The molecule has 0 bridgehead atoms.